The molecule has 1 aliphatic rings. The van der Waals surface area contributed by atoms with Crippen molar-refractivity contribution in [2.75, 3.05) is 5.32 Å². The summed E-state index contributed by atoms with van der Waals surface area (Å²) in [5.74, 6) is 2.06. The third-order valence-corrected chi connectivity index (χ3v) is 4.77. The number of carbonyl (C=O) groups is 1. The molecule has 1 aromatic carbocycles. The van der Waals surface area contributed by atoms with E-state index in [4.69, 9.17) is 0 Å². The van der Waals surface area contributed by atoms with Gasteiger partial charge in [0.25, 0.3) is 0 Å². The van der Waals surface area contributed by atoms with Gasteiger partial charge in [0.05, 0.1) is 0 Å². The van der Waals surface area contributed by atoms with Crippen LogP contribution in [0.3, 0.4) is 0 Å². The Morgan fingerprint density at radius 1 is 1.29 bits per heavy atom. The first-order valence-electron chi connectivity index (χ1n) is 8.04. The molecule has 0 spiro atoms. The Morgan fingerprint density at radius 3 is 2.52 bits per heavy atom. The Balaban J connectivity index is 2.07. The van der Waals surface area contributed by atoms with Crippen molar-refractivity contribution in [3.63, 3.8) is 0 Å². The minimum atomic E-state index is 0.146. The summed E-state index contributed by atoms with van der Waals surface area (Å²) in [6.07, 6.45) is 5.25. The van der Waals surface area contributed by atoms with Gasteiger partial charge in [0.1, 0.15) is 0 Å². The van der Waals surface area contributed by atoms with Gasteiger partial charge in [0, 0.05) is 11.6 Å². The second-order valence-corrected chi connectivity index (χ2v) is 6.75. The lowest BCUT2D eigenvalue weighted by Gasteiger charge is -2.36. The van der Waals surface area contributed by atoms with Crippen molar-refractivity contribution in [2.45, 2.75) is 40.0 Å². The molecule has 1 saturated carbocycles. The van der Waals surface area contributed by atoms with Crippen molar-refractivity contribution in [1.29, 1.82) is 0 Å². The molecular weight excluding hydrogens is 258 g/mol. The van der Waals surface area contributed by atoms with Crippen LogP contribution in [-0.2, 0) is 4.79 Å². The largest absolute Gasteiger partial charge is 0.326 e. The summed E-state index contributed by atoms with van der Waals surface area (Å²) in [5, 5.41) is 3.10. The van der Waals surface area contributed by atoms with E-state index in [0.717, 1.165) is 17.7 Å². The zero-order chi connectivity index (χ0) is 15.4. The minimum absolute atomic E-state index is 0.146. The molecule has 1 aromatic rings. The van der Waals surface area contributed by atoms with Gasteiger partial charge >= 0.3 is 0 Å². The highest BCUT2D eigenvalue weighted by atomic mass is 16.1. The molecule has 0 saturated heterocycles. The van der Waals surface area contributed by atoms with Gasteiger partial charge in [-0.05, 0) is 48.3 Å². The highest BCUT2D eigenvalue weighted by Crippen LogP contribution is 2.38. The van der Waals surface area contributed by atoms with E-state index in [1.807, 2.05) is 30.3 Å². The van der Waals surface area contributed by atoms with E-state index in [0.29, 0.717) is 17.8 Å². The van der Waals surface area contributed by atoms with Gasteiger partial charge in [-0.1, -0.05) is 52.0 Å². The topological polar surface area (TPSA) is 29.1 Å². The molecular formula is C19H27NO. The van der Waals surface area contributed by atoms with Crippen molar-refractivity contribution in [3.05, 3.63) is 36.4 Å². The molecule has 1 amide bonds. The Hall–Kier alpha value is -1.57. The number of benzene rings is 1. The van der Waals surface area contributed by atoms with Gasteiger partial charge in [-0.25, -0.2) is 0 Å². The average molecular weight is 285 g/mol. The van der Waals surface area contributed by atoms with Crippen LogP contribution in [-0.4, -0.2) is 5.91 Å². The van der Waals surface area contributed by atoms with Crippen LogP contribution in [0.25, 0.3) is 6.08 Å². The molecule has 2 rings (SSSR count). The van der Waals surface area contributed by atoms with E-state index in [1.165, 1.54) is 12.8 Å². The molecule has 114 valence electrons. The lowest BCUT2D eigenvalue weighted by molar-refractivity contribution is -0.123. The fourth-order valence-corrected chi connectivity index (χ4v) is 3.44. The first-order valence-corrected chi connectivity index (χ1v) is 8.04. The SMILES string of the molecule is C=Cc1ccc(NC(=O)C2CC(C)CCC2C(C)C)cc1. The van der Waals surface area contributed by atoms with E-state index in [-0.39, 0.29) is 11.8 Å². The molecule has 1 N–H and O–H groups in total. The zero-order valence-corrected chi connectivity index (χ0v) is 13.4. The zero-order valence-electron chi connectivity index (χ0n) is 13.4. The van der Waals surface area contributed by atoms with Crippen LogP contribution in [0.5, 0.6) is 0 Å². The van der Waals surface area contributed by atoms with E-state index in [2.05, 4.69) is 32.7 Å². The molecule has 21 heavy (non-hydrogen) atoms. The van der Waals surface area contributed by atoms with Gasteiger partial charge in [-0.15, -0.1) is 0 Å². The number of rotatable bonds is 4. The highest BCUT2D eigenvalue weighted by Gasteiger charge is 2.35. The number of anilines is 1. The summed E-state index contributed by atoms with van der Waals surface area (Å²) in [5.41, 5.74) is 1.95. The highest BCUT2D eigenvalue weighted by molar-refractivity contribution is 5.92. The molecule has 3 atom stereocenters. The van der Waals surface area contributed by atoms with Crippen LogP contribution >= 0.6 is 0 Å². The predicted octanol–water partition coefficient (Wildman–Crippen LogP) is 4.98. The normalized spacial score (nSPS) is 25.6. The van der Waals surface area contributed by atoms with Gasteiger partial charge in [0.2, 0.25) is 5.91 Å². The van der Waals surface area contributed by atoms with Gasteiger partial charge in [-0.3, -0.25) is 4.79 Å². The van der Waals surface area contributed by atoms with Gasteiger partial charge < -0.3 is 5.32 Å². The van der Waals surface area contributed by atoms with E-state index < -0.39 is 0 Å². The fraction of sp³-hybridized carbons (Fsp3) is 0.526. The quantitative estimate of drug-likeness (QED) is 0.830. The van der Waals surface area contributed by atoms with Gasteiger partial charge in [0.15, 0.2) is 0 Å². The van der Waals surface area contributed by atoms with Crippen molar-refractivity contribution in [2.24, 2.45) is 23.7 Å². The smallest absolute Gasteiger partial charge is 0.227 e. The van der Waals surface area contributed by atoms with E-state index in [1.54, 1.807) is 0 Å². The summed E-state index contributed by atoms with van der Waals surface area (Å²) in [6.45, 7) is 10.5. The van der Waals surface area contributed by atoms with Crippen molar-refractivity contribution < 1.29 is 4.79 Å². The first kappa shape index (κ1) is 15.8. The molecule has 0 aliphatic heterocycles. The molecule has 0 heterocycles. The fourth-order valence-electron chi connectivity index (χ4n) is 3.44. The lowest BCUT2D eigenvalue weighted by Crippen LogP contribution is -2.36. The molecule has 0 aromatic heterocycles. The summed E-state index contributed by atoms with van der Waals surface area (Å²) in [4.78, 5) is 12.7. The summed E-state index contributed by atoms with van der Waals surface area (Å²) in [6, 6.07) is 7.86. The maximum absolute atomic E-state index is 12.7. The molecule has 3 unspecified atom stereocenters. The van der Waals surface area contributed by atoms with E-state index >= 15 is 0 Å². The number of amides is 1. The molecule has 0 radical (unpaired) electrons. The van der Waals surface area contributed by atoms with E-state index in [9.17, 15) is 4.79 Å². The summed E-state index contributed by atoms with van der Waals surface area (Å²) < 4.78 is 0. The Labute approximate surface area is 128 Å². The number of hydrogen-bond acceptors (Lipinski definition) is 1. The first-order chi connectivity index (χ1) is 10.0. The van der Waals surface area contributed by atoms with Crippen molar-refractivity contribution in [3.8, 4) is 0 Å². The molecule has 0 bridgehead atoms. The summed E-state index contributed by atoms with van der Waals surface area (Å²) in [7, 11) is 0. The van der Waals surface area contributed by atoms with Crippen LogP contribution in [0.1, 0.15) is 45.6 Å². The number of nitrogens with one attached hydrogen (secondary N) is 1. The van der Waals surface area contributed by atoms with Crippen LogP contribution in [0.2, 0.25) is 0 Å². The maximum Gasteiger partial charge on any atom is 0.227 e. The van der Waals surface area contributed by atoms with Crippen LogP contribution in [0, 0.1) is 23.7 Å². The molecule has 1 aliphatic carbocycles. The maximum atomic E-state index is 12.7. The monoisotopic (exact) mass is 285 g/mol. The Kier molecular flexibility index (Phi) is 5.22. The van der Waals surface area contributed by atoms with Crippen molar-refractivity contribution in [1.82, 2.24) is 0 Å². The molecule has 2 heteroatoms. The second-order valence-electron chi connectivity index (χ2n) is 6.75. The summed E-state index contributed by atoms with van der Waals surface area (Å²) >= 11 is 0. The average Bonchev–Trinajstić information content (AvgIpc) is 2.47. The van der Waals surface area contributed by atoms with Gasteiger partial charge in [-0.2, -0.15) is 0 Å². The minimum Gasteiger partial charge on any atom is -0.326 e. The van der Waals surface area contributed by atoms with Crippen LogP contribution in [0.4, 0.5) is 5.69 Å². The number of hydrogen-bond donors (Lipinski definition) is 1. The standard InChI is InChI=1S/C19H27NO/c1-5-15-7-9-16(10-8-15)20-19(21)18-12-14(4)6-11-17(18)13(2)3/h5,7-10,13-14,17-18H,1,6,11-12H2,2-4H3,(H,20,21). The molecule has 1 fully saturated rings. The number of carbonyl (C=O) groups excluding carboxylic acids is 1. The van der Waals surface area contributed by atoms with Crippen LogP contribution < -0.4 is 5.32 Å². The second kappa shape index (κ2) is 6.93. The molecule has 2 nitrogen and oxygen atoms in total. The third-order valence-electron chi connectivity index (χ3n) is 4.77. The lowest BCUT2D eigenvalue weighted by atomic mass is 9.70. The van der Waals surface area contributed by atoms with Crippen molar-refractivity contribution >= 4 is 17.7 Å². The Morgan fingerprint density at radius 2 is 1.95 bits per heavy atom. The predicted molar refractivity (Wildman–Crippen MR) is 90.0 cm³/mol. The Bertz CT molecular complexity index is 489. The van der Waals surface area contributed by atoms with Crippen LogP contribution in [0.15, 0.2) is 30.8 Å². The third kappa shape index (κ3) is 3.96.